The zero-order valence-electron chi connectivity index (χ0n) is 10.5. The van der Waals surface area contributed by atoms with E-state index in [4.69, 9.17) is 16.3 Å². The van der Waals surface area contributed by atoms with Crippen LogP contribution in [0.3, 0.4) is 0 Å². The first kappa shape index (κ1) is 14.2. The Bertz CT molecular complexity index is 425. The van der Waals surface area contributed by atoms with Crippen LogP contribution < -0.4 is 4.74 Å². The van der Waals surface area contributed by atoms with Crippen LogP contribution in [0.25, 0.3) is 0 Å². The van der Waals surface area contributed by atoms with Crippen LogP contribution in [-0.4, -0.2) is 23.3 Å². The summed E-state index contributed by atoms with van der Waals surface area (Å²) in [6.45, 7) is 7.31. The van der Waals surface area contributed by atoms with Crippen LogP contribution in [0.2, 0.25) is 5.15 Å². The second-order valence-electron chi connectivity index (χ2n) is 4.01. The fraction of sp³-hybridized carbons (Fsp3) is 0.583. The van der Waals surface area contributed by atoms with Crippen molar-refractivity contribution in [1.82, 2.24) is 4.98 Å². The first-order chi connectivity index (χ1) is 7.99. The average molecular weight is 262 g/mol. The van der Waals surface area contributed by atoms with E-state index in [9.17, 15) is 9.50 Å². The van der Waals surface area contributed by atoms with Gasteiger partial charge in [0.1, 0.15) is 6.61 Å². The minimum Gasteiger partial charge on any atom is -0.489 e. The number of hydrogen-bond acceptors (Lipinski definition) is 3. The molecule has 0 saturated heterocycles. The Morgan fingerprint density at radius 1 is 1.53 bits per heavy atom. The lowest BCUT2D eigenvalue weighted by Gasteiger charge is -2.19. The summed E-state index contributed by atoms with van der Waals surface area (Å²) in [7, 11) is 0. The monoisotopic (exact) mass is 261 g/mol. The van der Waals surface area contributed by atoms with Crippen molar-refractivity contribution in [3.05, 3.63) is 22.2 Å². The van der Waals surface area contributed by atoms with Crippen molar-refractivity contribution in [2.75, 3.05) is 13.2 Å². The molecule has 5 heteroatoms. The van der Waals surface area contributed by atoms with Gasteiger partial charge in [0.25, 0.3) is 0 Å². The van der Waals surface area contributed by atoms with Gasteiger partial charge in [0, 0.05) is 5.56 Å². The number of halogens is 2. The Balaban J connectivity index is 0.000000686. The van der Waals surface area contributed by atoms with Crippen LogP contribution in [0.1, 0.15) is 32.0 Å². The largest absolute Gasteiger partial charge is 0.489 e. The Morgan fingerprint density at radius 2 is 2.12 bits per heavy atom. The van der Waals surface area contributed by atoms with Crippen molar-refractivity contribution in [2.45, 2.75) is 33.1 Å². The summed E-state index contributed by atoms with van der Waals surface area (Å²) in [6, 6.07) is 0. The van der Waals surface area contributed by atoms with Gasteiger partial charge in [0.15, 0.2) is 16.7 Å². The minimum absolute atomic E-state index is 0.154. The summed E-state index contributed by atoms with van der Waals surface area (Å²) in [5, 5.41) is 9.42. The van der Waals surface area contributed by atoms with Gasteiger partial charge in [-0.2, -0.15) is 0 Å². The van der Waals surface area contributed by atoms with Gasteiger partial charge in [-0.05, 0) is 13.8 Å². The van der Waals surface area contributed by atoms with Gasteiger partial charge in [0.2, 0.25) is 0 Å². The number of fused-ring (bicyclic) bond motifs is 1. The quantitative estimate of drug-likeness (QED) is 0.791. The van der Waals surface area contributed by atoms with Gasteiger partial charge >= 0.3 is 0 Å². The molecule has 1 atom stereocenters. The summed E-state index contributed by atoms with van der Waals surface area (Å²) in [5.74, 6) is -0.181. The molecule has 3 nitrogen and oxygen atoms in total. The van der Waals surface area contributed by atoms with E-state index in [1.54, 1.807) is 6.92 Å². The number of pyridine rings is 1. The van der Waals surface area contributed by atoms with E-state index in [0.717, 1.165) is 0 Å². The molecule has 0 aliphatic carbocycles. The number of nitrogens with zero attached hydrogens (tertiary/aromatic N) is 1. The molecule has 1 aliphatic heterocycles. The Labute approximate surface area is 106 Å². The van der Waals surface area contributed by atoms with Gasteiger partial charge in [-0.3, -0.25) is 0 Å². The molecule has 1 N–H and O–H groups in total. The third-order valence-electron chi connectivity index (χ3n) is 2.71. The predicted octanol–water partition coefficient (Wildman–Crippen LogP) is 2.85. The van der Waals surface area contributed by atoms with Crippen LogP contribution in [0.5, 0.6) is 5.75 Å². The maximum Gasteiger partial charge on any atom is 0.171 e. The lowest BCUT2D eigenvalue weighted by atomic mass is 9.85. The number of rotatable bonds is 1. The molecule has 1 aromatic heterocycles. The highest BCUT2D eigenvalue weighted by atomic mass is 35.5. The molecule has 1 aliphatic rings. The average Bonchev–Trinajstić information content (AvgIpc) is 2.68. The Morgan fingerprint density at radius 3 is 2.65 bits per heavy atom. The Kier molecular flexibility index (Phi) is 4.33. The first-order valence-electron chi connectivity index (χ1n) is 5.59. The van der Waals surface area contributed by atoms with Gasteiger partial charge in [0.05, 0.1) is 17.7 Å². The summed E-state index contributed by atoms with van der Waals surface area (Å²) in [5.41, 5.74) is -0.164. The zero-order chi connectivity index (χ0) is 13.2. The molecule has 0 amide bonds. The highest BCUT2D eigenvalue weighted by Gasteiger charge is 2.41. The van der Waals surface area contributed by atoms with Crippen molar-refractivity contribution in [2.24, 2.45) is 0 Å². The minimum atomic E-state index is -0.725. The molecular weight excluding hydrogens is 245 g/mol. The van der Waals surface area contributed by atoms with Gasteiger partial charge in [-0.1, -0.05) is 25.4 Å². The topological polar surface area (TPSA) is 42.4 Å². The molecule has 17 heavy (non-hydrogen) atoms. The van der Waals surface area contributed by atoms with Crippen molar-refractivity contribution in [1.29, 1.82) is 0 Å². The number of aliphatic hydroxyl groups excluding tert-OH is 1. The fourth-order valence-electron chi connectivity index (χ4n) is 1.73. The Hall–Kier alpha value is -0.870. The highest BCUT2D eigenvalue weighted by Crippen LogP contribution is 2.44. The molecule has 1 aromatic rings. The highest BCUT2D eigenvalue weighted by molar-refractivity contribution is 6.31. The second kappa shape index (κ2) is 5.19. The van der Waals surface area contributed by atoms with Gasteiger partial charge < -0.3 is 9.84 Å². The number of hydrogen-bond donors (Lipinski definition) is 1. The molecule has 0 fully saturated rings. The maximum absolute atomic E-state index is 13.9. The standard InChI is InChI=1S/C10H11ClFNO2.C2H6/c1-5-7(12)6-8(9(11)13-5)15-4-10(6,2)3-14;1-2/h14H,3-4H2,1-2H3;1-2H3. The molecular formula is C12H17ClFNO2. The van der Waals surface area contributed by atoms with E-state index >= 15 is 0 Å². The third-order valence-corrected chi connectivity index (χ3v) is 2.96. The van der Waals surface area contributed by atoms with Crippen LogP contribution >= 0.6 is 11.6 Å². The SMILES string of the molecule is CC.Cc1nc(Cl)c2c(c1F)C(C)(CO)CO2. The normalized spacial score (nSPS) is 21.4. The second-order valence-corrected chi connectivity index (χ2v) is 4.37. The number of ether oxygens (including phenoxy) is 1. The molecule has 0 bridgehead atoms. The summed E-state index contributed by atoms with van der Waals surface area (Å²) < 4.78 is 19.1. The van der Waals surface area contributed by atoms with E-state index < -0.39 is 11.2 Å². The smallest absolute Gasteiger partial charge is 0.171 e. The third kappa shape index (κ3) is 2.24. The van der Waals surface area contributed by atoms with Gasteiger partial charge in [-0.15, -0.1) is 0 Å². The van der Waals surface area contributed by atoms with E-state index in [1.165, 1.54) is 6.92 Å². The molecule has 2 heterocycles. The van der Waals surface area contributed by atoms with Crippen molar-refractivity contribution in [3.63, 3.8) is 0 Å². The van der Waals surface area contributed by atoms with E-state index in [0.29, 0.717) is 5.56 Å². The van der Waals surface area contributed by atoms with Crippen molar-refractivity contribution >= 4 is 11.6 Å². The van der Waals surface area contributed by atoms with Crippen LogP contribution in [-0.2, 0) is 5.41 Å². The molecule has 1 unspecified atom stereocenters. The molecule has 0 spiro atoms. The first-order valence-corrected chi connectivity index (χ1v) is 5.97. The molecule has 2 rings (SSSR count). The molecule has 96 valence electrons. The van der Waals surface area contributed by atoms with Crippen LogP contribution in [0.15, 0.2) is 0 Å². The lowest BCUT2D eigenvalue weighted by molar-refractivity contribution is 0.169. The van der Waals surface area contributed by atoms with Crippen molar-refractivity contribution in [3.8, 4) is 5.75 Å². The fourth-order valence-corrected chi connectivity index (χ4v) is 2.01. The van der Waals surface area contributed by atoms with Crippen LogP contribution in [0.4, 0.5) is 4.39 Å². The molecule has 0 saturated carbocycles. The summed E-state index contributed by atoms with van der Waals surface area (Å²) in [6.07, 6.45) is 0. The summed E-state index contributed by atoms with van der Waals surface area (Å²) >= 11 is 5.85. The molecule has 0 aromatic carbocycles. The van der Waals surface area contributed by atoms with E-state index in [2.05, 4.69) is 4.98 Å². The van der Waals surface area contributed by atoms with Crippen molar-refractivity contribution < 1.29 is 14.2 Å². The zero-order valence-corrected chi connectivity index (χ0v) is 11.2. The summed E-state index contributed by atoms with van der Waals surface area (Å²) in [4.78, 5) is 3.83. The van der Waals surface area contributed by atoms with Crippen LogP contribution in [0, 0.1) is 12.7 Å². The molecule has 0 radical (unpaired) electrons. The number of aromatic nitrogens is 1. The predicted molar refractivity (Wildman–Crippen MR) is 65.2 cm³/mol. The van der Waals surface area contributed by atoms with E-state index in [-0.39, 0.29) is 29.8 Å². The number of aryl methyl sites for hydroxylation is 1. The number of aliphatic hydroxyl groups is 1. The maximum atomic E-state index is 13.9. The van der Waals surface area contributed by atoms with Gasteiger partial charge in [-0.25, -0.2) is 9.37 Å². The lowest BCUT2D eigenvalue weighted by Crippen LogP contribution is -2.29. The van der Waals surface area contributed by atoms with E-state index in [1.807, 2.05) is 13.8 Å².